The van der Waals surface area contributed by atoms with Crippen LogP contribution in [0.2, 0.25) is 0 Å². The third kappa shape index (κ3) is 1.79. The number of nitrogens with two attached hydrogens (primary N) is 1. The second-order valence-electron chi connectivity index (χ2n) is 3.62. The number of nitrogen functional groups attached to an aromatic ring is 1. The van der Waals surface area contributed by atoms with Crippen molar-refractivity contribution in [1.29, 1.82) is 0 Å². The highest BCUT2D eigenvalue weighted by Crippen LogP contribution is 2.24. The number of aromatic nitrogens is 4. The van der Waals surface area contributed by atoms with Crippen LogP contribution in [0, 0.1) is 0 Å². The molecule has 0 amide bonds. The van der Waals surface area contributed by atoms with Crippen molar-refractivity contribution in [3.63, 3.8) is 0 Å². The number of aryl methyl sites for hydroxylation is 1. The first kappa shape index (κ1) is 10.7. The van der Waals surface area contributed by atoms with Crippen LogP contribution in [0.25, 0.3) is 0 Å². The standard InChI is InChI=1S/C10H15N5O/c1-2-5-15-8(3-4-13-15)9(16)7-6-12-14-10(7)11/h3-4,6,9,16H,2,5H2,1H3,(H3,11,12,14). The zero-order valence-electron chi connectivity index (χ0n) is 9.09. The molecule has 6 heteroatoms. The normalized spacial score (nSPS) is 12.9. The molecule has 4 N–H and O–H groups in total. The van der Waals surface area contributed by atoms with E-state index in [1.807, 2.05) is 0 Å². The molecule has 0 fully saturated rings. The Morgan fingerprint density at radius 1 is 1.62 bits per heavy atom. The minimum Gasteiger partial charge on any atom is -0.384 e. The van der Waals surface area contributed by atoms with Crippen molar-refractivity contribution >= 4 is 5.82 Å². The van der Waals surface area contributed by atoms with E-state index >= 15 is 0 Å². The summed E-state index contributed by atoms with van der Waals surface area (Å²) < 4.78 is 1.77. The number of hydrogen-bond acceptors (Lipinski definition) is 4. The van der Waals surface area contributed by atoms with E-state index in [-0.39, 0.29) is 0 Å². The molecule has 0 bridgehead atoms. The topological polar surface area (TPSA) is 92.7 Å². The lowest BCUT2D eigenvalue weighted by molar-refractivity contribution is 0.208. The number of hydrogen-bond donors (Lipinski definition) is 3. The summed E-state index contributed by atoms with van der Waals surface area (Å²) in [4.78, 5) is 0. The Hall–Kier alpha value is -1.82. The fourth-order valence-electron chi connectivity index (χ4n) is 1.66. The molecule has 0 spiro atoms. The van der Waals surface area contributed by atoms with Crippen molar-refractivity contribution in [2.75, 3.05) is 5.73 Å². The minimum atomic E-state index is -0.784. The zero-order valence-corrected chi connectivity index (χ0v) is 9.09. The molecule has 0 aliphatic carbocycles. The second-order valence-corrected chi connectivity index (χ2v) is 3.62. The maximum atomic E-state index is 10.2. The number of nitrogens with zero attached hydrogens (tertiary/aromatic N) is 3. The summed E-state index contributed by atoms with van der Waals surface area (Å²) in [5.74, 6) is 0.386. The number of nitrogens with one attached hydrogen (secondary N) is 1. The zero-order chi connectivity index (χ0) is 11.5. The van der Waals surface area contributed by atoms with Crippen LogP contribution in [-0.4, -0.2) is 25.1 Å². The number of rotatable bonds is 4. The van der Waals surface area contributed by atoms with Crippen molar-refractivity contribution in [1.82, 2.24) is 20.0 Å². The largest absolute Gasteiger partial charge is 0.384 e. The van der Waals surface area contributed by atoms with Gasteiger partial charge in [0.25, 0.3) is 0 Å². The fourth-order valence-corrected chi connectivity index (χ4v) is 1.66. The predicted molar refractivity (Wildman–Crippen MR) is 59.6 cm³/mol. The summed E-state index contributed by atoms with van der Waals surface area (Å²) in [6.07, 6.45) is 3.38. The number of aromatic amines is 1. The lowest BCUT2D eigenvalue weighted by atomic mass is 10.1. The van der Waals surface area contributed by atoms with Crippen LogP contribution in [-0.2, 0) is 6.54 Å². The highest BCUT2D eigenvalue weighted by molar-refractivity contribution is 5.41. The van der Waals surface area contributed by atoms with Crippen molar-refractivity contribution < 1.29 is 5.11 Å². The van der Waals surface area contributed by atoms with Gasteiger partial charge in [-0.05, 0) is 12.5 Å². The van der Waals surface area contributed by atoms with Gasteiger partial charge in [-0.1, -0.05) is 6.92 Å². The Balaban J connectivity index is 2.30. The van der Waals surface area contributed by atoms with Gasteiger partial charge in [0.1, 0.15) is 11.9 Å². The van der Waals surface area contributed by atoms with Gasteiger partial charge in [-0.3, -0.25) is 9.78 Å². The minimum absolute atomic E-state index is 0.386. The molecule has 0 radical (unpaired) electrons. The molecular weight excluding hydrogens is 206 g/mol. The van der Waals surface area contributed by atoms with E-state index < -0.39 is 6.10 Å². The molecule has 6 nitrogen and oxygen atoms in total. The number of H-pyrrole nitrogens is 1. The summed E-state index contributed by atoms with van der Waals surface area (Å²) in [5, 5.41) is 20.7. The van der Waals surface area contributed by atoms with Gasteiger partial charge in [-0.2, -0.15) is 10.2 Å². The Bertz CT molecular complexity index is 461. The molecule has 1 unspecified atom stereocenters. The van der Waals surface area contributed by atoms with Gasteiger partial charge >= 0.3 is 0 Å². The Kier molecular flexibility index (Phi) is 2.91. The first-order chi connectivity index (χ1) is 7.74. The third-order valence-corrected chi connectivity index (χ3v) is 2.46. The van der Waals surface area contributed by atoms with E-state index in [9.17, 15) is 5.11 Å². The van der Waals surface area contributed by atoms with Crippen LogP contribution >= 0.6 is 0 Å². The molecule has 86 valence electrons. The Morgan fingerprint density at radius 3 is 3.06 bits per heavy atom. The summed E-state index contributed by atoms with van der Waals surface area (Å²) in [7, 11) is 0. The van der Waals surface area contributed by atoms with Crippen LogP contribution in [0.4, 0.5) is 5.82 Å². The monoisotopic (exact) mass is 221 g/mol. The van der Waals surface area contributed by atoms with Crippen LogP contribution in [0.15, 0.2) is 18.5 Å². The smallest absolute Gasteiger partial charge is 0.126 e. The molecule has 0 aromatic carbocycles. The average molecular weight is 221 g/mol. The molecule has 2 heterocycles. The van der Waals surface area contributed by atoms with E-state index in [4.69, 9.17) is 5.73 Å². The molecular formula is C10H15N5O. The maximum absolute atomic E-state index is 10.2. The highest BCUT2D eigenvalue weighted by atomic mass is 16.3. The van der Waals surface area contributed by atoms with Gasteiger partial charge in [0, 0.05) is 18.3 Å². The molecule has 2 aromatic heterocycles. The van der Waals surface area contributed by atoms with Gasteiger partial charge in [0.05, 0.1) is 11.9 Å². The predicted octanol–water partition coefficient (Wildman–Crippen LogP) is 0.680. The van der Waals surface area contributed by atoms with E-state index in [0.29, 0.717) is 11.4 Å². The van der Waals surface area contributed by atoms with Crippen LogP contribution < -0.4 is 5.73 Å². The van der Waals surface area contributed by atoms with Crippen LogP contribution in [0.3, 0.4) is 0 Å². The lowest BCUT2D eigenvalue weighted by Gasteiger charge is -2.12. The first-order valence-corrected chi connectivity index (χ1v) is 5.22. The summed E-state index contributed by atoms with van der Waals surface area (Å²) in [5.41, 5.74) is 6.98. The summed E-state index contributed by atoms with van der Waals surface area (Å²) >= 11 is 0. The van der Waals surface area contributed by atoms with E-state index in [1.54, 1.807) is 16.9 Å². The van der Waals surface area contributed by atoms with E-state index in [0.717, 1.165) is 18.7 Å². The van der Waals surface area contributed by atoms with Gasteiger partial charge < -0.3 is 10.8 Å². The van der Waals surface area contributed by atoms with Gasteiger partial charge in [-0.15, -0.1) is 0 Å². The third-order valence-electron chi connectivity index (χ3n) is 2.46. The molecule has 1 atom stereocenters. The average Bonchev–Trinajstić information content (AvgIpc) is 2.87. The van der Waals surface area contributed by atoms with Crippen LogP contribution in [0.1, 0.15) is 30.7 Å². The number of aliphatic hydroxyl groups is 1. The van der Waals surface area contributed by atoms with E-state index in [2.05, 4.69) is 22.2 Å². The maximum Gasteiger partial charge on any atom is 0.126 e. The number of aliphatic hydroxyl groups excluding tert-OH is 1. The Labute approximate surface area is 93.1 Å². The van der Waals surface area contributed by atoms with Crippen molar-refractivity contribution in [3.8, 4) is 0 Å². The molecule has 0 saturated heterocycles. The van der Waals surface area contributed by atoms with Gasteiger partial charge in [-0.25, -0.2) is 0 Å². The molecule has 0 aliphatic heterocycles. The van der Waals surface area contributed by atoms with Crippen molar-refractivity contribution in [2.45, 2.75) is 26.0 Å². The van der Waals surface area contributed by atoms with Crippen LogP contribution in [0.5, 0.6) is 0 Å². The van der Waals surface area contributed by atoms with Gasteiger partial charge in [0.2, 0.25) is 0 Å². The molecule has 2 rings (SSSR count). The number of anilines is 1. The quantitative estimate of drug-likeness (QED) is 0.707. The fraction of sp³-hybridized carbons (Fsp3) is 0.400. The SMILES string of the molecule is CCCn1nccc1C(O)c1cn[nH]c1N. The second kappa shape index (κ2) is 4.36. The summed E-state index contributed by atoms with van der Waals surface area (Å²) in [6, 6.07) is 1.78. The molecule has 2 aromatic rings. The van der Waals surface area contributed by atoms with E-state index in [1.165, 1.54) is 6.20 Å². The molecule has 0 saturated carbocycles. The molecule has 16 heavy (non-hydrogen) atoms. The van der Waals surface area contributed by atoms with Crippen molar-refractivity contribution in [3.05, 3.63) is 29.7 Å². The van der Waals surface area contributed by atoms with Gasteiger partial charge in [0.15, 0.2) is 0 Å². The Morgan fingerprint density at radius 2 is 2.44 bits per heavy atom. The first-order valence-electron chi connectivity index (χ1n) is 5.22. The summed E-state index contributed by atoms with van der Waals surface area (Å²) in [6.45, 7) is 2.83. The van der Waals surface area contributed by atoms with Crippen molar-refractivity contribution in [2.24, 2.45) is 0 Å². The molecule has 0 aliphatic rings. The highest BCUT2D eigenvalue weighted by Gasteiger charge is 2.18. The lowest BCUT2D eigenvalue weighted by Crippen LogP contribution is -2.10.